The fourth-order valence-electron chi connectivity index (χ4n) is 1.90. The summed E-state index contributed by atoms with van der Waals surface area (Å²) in [5.74, 6) is 0.540. The van der Waals surface area contributed by atoms with Gasteiger partial charge in [0.15, 0.2) is 0 Å². The quantitative estimate of drug-likeness (QED) is 0.840. The summed E-state index contributed by atoms with van der Waals surface area (Å²) in [7, 11) is 0. The number of ether oxygens (including phenoxy) is 1. The molecule has 0 aliphatic carbocycles. The van der Waals surface area contributed by atoms with E-state index >= 15 is 0 Å². The molecule has 0 aliphatic rings. The van der Waals surface area contributed by atoms with Crippen molar-refractivity contribution in [3.8, 4) is 11.5 Å². The number of aryl methyl sites for hydroxylation is 3. The Balaban J connectivity index is 2.28. The highest BCUT2D eigenvalue weighted by atomic mass is 16.5. The molecule has 0 saturated heterocycles. The zero-order valence-electron chi connectivity index (χ0n) is 12.4. The Morgan fingerprint density at radius 2 is 1.71 bits per heavy atom. The van der Waals surface area contributed by atoms with E-state index < -0.39 is 5.97 Å². The molecule has 21 heavy (non-hydrogen) atoms. The summed E-state index contributed by atoms with van der Waals surface area (Å²) < 4.78 is 5.91. The van der Waals surface area contributed by atoms with E-state index in [4.69, 9.17) is 9.84 Å². The van der Waals surface area contributed by atoms with Crippen molar-refractivity contribution in [2.45, 2.75) is 20.8 Å². The molecule has 0 aliphatic heterocycles. The van der Waals surface area contributed by atoms with Crippen molar-refractivity contribution in [1.29, 1.82) is 0 Å². The first-order chi connectivity index (χ1) is 9.95. The van der Waals surface area contributed by atoms with Gasteiger partial charge in [-0.15, -0.1) is 0 Å². The normalized spacial score (nSPS) is 10.8. The molecule has 0 saturated carbocycles. The second-order valence-electron chi connectivity index (χ2n) is 5.04. The maximum Gasteiger partial charge on any atom is 0.328 e. The van der Waals surface area contributed by atoms with Gasteiger partial charge in [0.1, 0.15) is 11.5 Å². The Labute approximate surface area is 124 Å². The number of hydrogen-bond acceptors (Lipinski definition) is 2. The largest absolute Gasteiger partial charge is 0.478 e. The predicted octanol–water partition coefficient (Wildman–Crippen LogP) is 4.50. The summed E-state index contributed by atoms with van der Waals surface area (Å²) in [4.78, 5) is 10.6. The van der Waals surface area contributed by atoms with Crippen LogP contribution in [0.4, 0.5) is 0 Å². The molecule has 1 N–H and O–H groups in total. The van der Waals surface area contributed by atoms with Crippen LogP contribution in [0.25, 0.3) is 6.08 Å². The van der Waals surface area contributed by atoms with Crippen molar-refractivity contribution >= 4 is 12.0 Å². The molecule has 2 rings (SSSR count). The van der Waals surface area contributed by atoms with Crippen LogP contribution in [0.2, 0.25) is 0 Å². The Hall–Kier alpha value is -2.55. The number of rotatable bonds is 4. The number of carboxylic acids is 1. The second-order valence-corrected chi connectivity index (χ2v) is 5.04. The van der Waals surface area contributed by atoms with Gasteiger partial charge in [-0.05, 0) is 67.3 Å². The van der Waals surface area contributed by atoms with Crippen LogP contribution in [0.15, 0.2) is 42.5 Å². The van der Waals surface area contributed by atoms with Crippen LogP contribution in [0.3, 0.4) is 0 Å². The molecule has 2 aromatic rings. The van der Waals surface area contributed by atoms with Crippen LogP contribution >= 0.6 is 0 Å². The molecule has 0 fully saturated rings. The smallest absolute Gasteiger partial charge is 0.328 e. The lowest BCUT2D eigenvalue weighted by Crippen LogP contribution is -1.91. The molecule has 3 heteroatoms. The molecule has 0 unspecified atom stereocenters. The summed E-state index contributed by atoms with van der Waals surface area (Å²) in [6.45, 7) is 6.06. The van der Waals surface area contributed by atoms with Crippen LogP contribution in [0.1, 0.15) is 22.3 Å². The molecule has 0 bridgehead atoms. The van der Waals surface area contributed by atoms with Gasteiger partial charge in [0, 0.05) is 6.08 Å². The van der Waals surface area contributed by atoms with Gasteiger partial charge in [0.2, 0.25) is 0 Å². The lowest BCUT2D eigenvalue weighted by Gasteiger charge is -2.11. The zero-order valence-corrected chi connectivity index (χ0v) is 12.4. The van der Waals surface area contributed by atoms with E-state index in [1.807, 2.05) is 50.2 Å². The number of aliphatic carboxylic acids is 1. The van der Waals surface area contributed by atoms with Crippen molar-refractivity contribution in [3.05, 3.63) is 64.7 Å². The van der Waals surface area contributed by atoms with Gasteiger partial charge in [-0.3, -0.25) is 0 Å². The highest BCUT2D eigenvalue weighted by molar-refractivity contribution is 5.85. The number of carbonyl (C=O) groups is 1. The maximum atomic E-state index is 10.6. The van der Waals surface area contributed by atoms with E-state index in [9.17, 15) is 4.79 Å². The van der Waals surface area contributed by atoms with Crippen molar-refractivity contribution in [1.82, 2.24) is 0 Å². The van der Waals surface area contributed by atoms with E-state index in [1.165, 1.54) is 11.1 Å². The highest BCUT2D eigenvalue weighted by Crippen LogP contribution is 2.27. The summed E-state index contributed by atoms with van der Waals surface area (Å²) >= 11 is 0. The van der Waals surface area contributed by atoms with Gasteiger partial charge in [0.25, 0.3) is 0 Å². The molecule has 0 aromatic heterocycles. The Morgan fingerprint density at radius 1 is 1.00 bits per heavy atom. The lowest BCUT2D eigenvalue weighted by atomic mass is 10.1. The van der Waals surface area contributed by atoms with Crippen LogP contribution in [0, 0.1) is 20.8 Å². The van der Waals surface area contributed by atoms with Crippen LogP contribution < -0.4 is 4.74 Å². The first-order valence-corrected chi connectivity index (χ1v) is 6.72. The zero-order chi connectivity index (χ0) is 15.4. The Morgan fingerprint density at radius 3 is 2.38 bits per heavy atom. The molecular formula is C18H18O3. The predicted molar refractivity (Wildman–Crippen MR) is 83.8 cm³/mol. The number of hydrogen-bond donors (Lipinski definition) is 1. The molecule has 0 spiro atoms. The van der Waals surface area contributed by atoms with Crippen molar-refractivity contribution in [3.63, 3.8) is 0 Å². The molecule has 0 heterocycles. The molecule has 0 radical (unpaired) electrons. The van der Waals surface area contributed by atoms with E-state index in [0.29, 0.717) is 0 Å². The maximum absolute atomic E-state index is 10.6. The van der Waals surface area contributed by atoms with Crippen LogP contribution in [-0.2, 0) is 4.79 Å². The van der Waals surface area contributed by atoms with Crippen molar-refractivity contribution in [2.75, 3.05) is 0 Å². The van der Waals surface area contributed by atoms with Gasteiger partial charge in [-0.2, -0.15) is 0 Å². The van der Waals surface area contributed by atoms with Gasteiger partial charge in [-0.1, -0.05) is 18.2 Å². The summed E-state index contributed by atoms with van der Waals surface area (Å²) in [6.07, 6.45) is 2.67. The number of carboxylic acid groups (broad SMARTS) is 1. The SMILES string of the molecule is Cc1ccc(Oc2cc(/C=C/C(=O)O)ccc2C)cc1C. The monoisotopic (exact) mass is 282 g/mol. The fraction of sp³-hybridized carbons (Fsp3) is 0.167. The van der Waals surface area contributed by atoms with E-state index in [0.717, 1.165) is 28.7 Å². The lowest BCUT2D eigenvalue weighted by molar-refractivity contribution is -0.131. The van der Waals surface area contributed by atoms with Gasteiger partial charge in [-0.25, -0.2) is 4.79 Å². The van der Waals surface area contributed by atoms with Gasteiger partial charge < -0.3 is 9.84 Å². The van der Waals surface area contributed by atoms with Gasteiger partial charge in [0.05, 0.1) is 0 Å². The average molecular weight is 282 g/mol. The summed E-state index contributed by atoms with van der Waals surface area (Å²) in [5, 5.41) is 8.67. The Bertz CT molecular complexity index is 700. The molecule has 0 amide bonds. The van der Waals surface area contributed by atoms with Crippen LogP contribution in [0.5, 0.6) is 11.5 Å². The van der Waals surface area contributed by atoms with E-state index in [-0.39, 0.29) is 0 Å². The minimum absolute atomic E-state index is 0.728. The highest BCUT2D eigenvalue weighted by Gasteiger charge is 2.04. The standard InChI is InChI=1S/C18H18O3/c1-12-5-8-16(10-14(12)3)21-17-11-15(6-4-13(17)2)7-9-18(19)20/h4-11H,1-3H3,(H,19,20)/b9-7+. The van der Waals surface area contributed by atoms with Gasteiger partial charge >= 0.3 is 5.97 Å². The van der Waals surface area contributed by atoms with Crippen molar-refractivity contribution < 1.29 is 14.6 Å². The first kappa shape index (κ1) is 14.9. The van der Waals surface area contributed by atoms with E-state index in [2.05, 4.69) is 6.92 Å². The third-order valence-corrected chi connectivity index (χ3v) is 3.34. The minimum atomic E-state index is -0.966. The molecular weight excluding hydrogens is 264 g/mol. The third kappa shape index (κ3) is 3.96. The van der Waals surface area contributed by atoms with E-state index in [1.54, 1.807) is 6.08 Å². The summed E-state index contributed by atoms with van der Waals surface area (Å²) in [5.41, 5.74) is 4.19. The van der Waals surface area contributed by atoms with Crippen molar-refractivity contribution in [2.24, 2.45) is 0 Å². The summed E-state index contributed by atoms with van der Waals surface area (Å²) in [6, 6.07) is 11.6. The first-order valence-electron chi connectivity index (χ1n) is 6.72. The number of benzene rings is 2. The molecule has 0 atom stereocenters. The Kier molecular flexibility index (Phi) is 4.43. The molecule has 3 nitrogen and oxygen atoms in total. The second kappa shape index (κ2) is 6.27. The van der Waals surface area contributed by atoms with Crippen LogP contribution in [-0.4, -0.2) is 11.1 Å². The average Bonchev–Trinajstić information content (AvgIpc) is 2.43. The topological polar surface area (TPSA) is 46.5 Å². The third-order valence-electron chi connectivity index (χ3n) is 3.34. The molecule has 2 aromatic carbocycles. The minimum Gasteiger partial charge on any atom is -0.478 e. The molecule has 108 valence electrons. The fourth-order valence-corrected chi connectivity index (χ4v) is 1.90.